The van der Waals surface area contributed by atoms with E-state index in [1.54, 1.807) is 0 Å². The molecule has 0 spiro atoms. The van der Waals surface area contributed by atoms with E-state index in [0.717, 1.165) is 35.0 Å². The molecular formula is C33H39Cl2N. The summed E-state index contributed by atoms with van der Waals surface area (Å²) in [7, 11) is 0. The summed E-state index contributed by atoms with van der Waals surface area (Å²) < 4.78 is 0. The molecule has 0 saturated heterocycles. The lowest BCUT2D eigenvalue weighted by atomic mass is 9.76. The Hall–Kier alpha value is -2.48. The number of benzene rings is 2. The molecule has 3 heteroatoms. The minimum Gasteiger partial charge on any atom is -0.344 e. The van der Waals surface area contributed by atoms with E-state index in [1.165, 1.54) is 28.1 Å². The SMILES string of the molecule is C=C(/C=C/C=C/C=C/C=C1/N(CCCC)c2ccc(Cl)cc2C1(C)C)C(C)(C)c1cc(Cl)ccc1C. The highest BCUT2D eigenvalue weighted by Gasteiger charge is 2.39. The van der Waals surface area contributed by atoms with E-state index in [2.05, 4.69) is 102 Å². The van der Waals surface area contributed by atoms with Gasteiger partial charge in [0.2, 0.25) is 0 Å². The minimum atomic E-state index is -0.201. The number of fused-ring (bicyclic) bond motifs is 1. The van der Waals surface area contributed by atoms with Crippen LogP contribution in [-0.2, 0) is 10.8 Å². The molecule has 0 bridgehead atoms. The Labute approximate surface area is 228 Å². The second kappa shape index (κ2) is 11.7. The Balaban J connectivity index is 1.72. The number of rotatable bonds is 9. The normalized spacial score (nSPS) is 16.7. The van der Waals surface area contributed by atoms with Gasteiger partial charge in [0, 0.05) is 38.8 Å². The van der Waals surface area contributed by atoms with Crippen molar-refractivity contribution in [3.05, 3.63) is 124 Å². The fraction of sp³-hybridized carbons (Fsp3) is 0.333. The van der Waals surface area contributed by atoms with Crippen LogP contribution in [0.1, 0.15) is 64.2 Å². The second-order valence-electron chi connectivity index (χ2n) is 10.6. The fourth-order valence-electron chi connectivity index (χ4n) is 4.86. The van der Waals surface area contributed by atoms with Crippen LogP contribution in [0.3, 0.4) is 0 Å². The third kappa shape index (κ3) is 6.07. The summed E-state index contributed by atoms with van der Waals surface area (Å²) in [4.78, 5) is 2.45. The van der Waals surface area contributed by atoms with E-state index in [4.69, 9.17) is 23.2 Å². The molecular weight excluding hydrogens is 481 g/mol. The summed E-state index contributed by atoms with van der Waals surface area (Å²) in [6, 6.07) is 12.3. The second-order valence-corrected chi connectivity index (χ2v) is 11.5. The maximum Gasteiger partial charge on any atom is 0.0451 e. The highest BCUT2D eigenvalue weighted by molar-refractivity contribution is 6.31. The van der Waals surface area contributed by atoms with Crippen LogP contribution in [0.4, 0.5) is 5.69 Å². The van der Waals surface area contributed by atoms with Crippen molar-refractivity contribution in [1.82, 2.24) is 0 Å². The zero-order chi connectivity index (χ0) is 26.5. The van der Waals surface area contributed by atoms with Gasteiger partial charge in [0.25, 0.3) is 0 Å². The van der Waals surface area contributed by atoms with E-state index in [1.807, 2.05) is 30.4 Å². The Morgan fingerprint density at radius 3 is 2.33 bits per heavy atom. The van der Waals surface area contributed by atoms with E-state index in [-0.39, 0.29) is 10.8 Å². The quantitative estimate of drug-likeness (QED) is 0.297. The van der Waals surface area contributed by atoms with Crippen molar-refractivity contribution in [3.8, 4) is 0 Å². The zero-order valence-corrected chi connectivity index (χ0v) is 24.0. The van der Waals surface area contributed by atoms with Crippen LogP contribution in [0.5, 0.6) is 0 Å². The van der Waals surface area contributed by atoms with Crippen molar-refractivity contribution in [3.63, 3.8) is 0 Å². The monoisotopic (exact) mass is 519 g/mol. The highest BCUT2D eigenvalue weighted by Crippen LogP contribution is 2.48. The molecule has 0 saturated carbocycles. The number of hydrogen-bond donors (Lipinski definition) is 0. The molecule has 3 rings (SSSR count). The van der Waals surface area contributed by atoms with E-state index < -0.39 is 0 Å². The first-order valence-corrected chi connectivity index (χ1v) is 13.5. The van der Waals surface area contributed by atoms with E-state index in [9.17, 15) is 0 Å². The molecule has 0 fully saturated rings. The number of anilines is 1. The summed E-state index contributed by atoms with van der Waals surface area (Å²) in [6.45, 7) is 18.6. The van der Waals surface area contributed by atoms with Crippen molar-refractivity contribution >= 4 is 28.9 Å². The van der Waals surface area contributed by atoms with Gasteiger partial charge in [-0.05, 0) is 72.0 Å². The van der Waals surface area contributed by atoms with E-state index in [0.29, 0.717) is 0 Å². The summed E-state index contributed by atoms with van der Waals surface area (Å²) in [5.41, 5.74) is 7.04. The molecule has 0 N–H and O–H groups in total. The van der Waals surface area contributed by atoms with Gasteiger partial charge in [-0.25, -0.2) is 0 Å². The van der Waals surface area contributed by atoms with Crippen LogP contribution >= 0.6 is 23.2 Å². The summed E-state index contributed by atoms with van der Waals surface area (Å²) in [6.07, 6.45) is 17.0. The molecule has 1 heterocycles. The minimum absolute atomic E-state index is 0.0935. The Bertz CT molecular complexity index is 1220. The molecule has 1 nitrogen and oxygen atoms in total. The molecule has 2 aromatic rings. The summed E-state index contributed by atoms with van der Waals surface area (Å²) in [5.74, 6) is 0. The highest BCUT2D eigenvalue weighted by atomic mass is 35.5. The maximum atomic E-state index is 6.35. The summed E-state index contributed by atoms with van der Waals surface area (Å²) >= 11 is 12.6. The van der Waals surface area contributed by atoms with Crippen LogP contribution < -0.4 is 4.90 Å². The van der Waals surface area contributed by atoms with Gasteiger partial charge in [0.15, 0.2) is 0 Å². The predicted molar refractivity (Wildman–Crippen MR) is 161 cm³/mol. The standard InChI is InChI=1S/C33H39Cl2N/c1-8-9-21-36-30-20-19-27(35)23-29(30)33(6,7)31(36)16-14-12-10-11-13-15-25(3)32(4,5)28-22-26(34)18-17-24(28)2/h10-20,22-23H,3,8-9,21H2,1-2,4-7H3/b11-10+,14-12+,15-13+,31-16+. The topological polar surface area (TPSA) is 3.24 Å². The molecule has 0 unspecified atom stereocenters. The number of unbranched alkanes of at least 4 members (excludes halogenated alkanes) is 1. The third-order valence-corrected chi connectivity index (χ3v) is 7.73. The number of aryl methyl sites for hydroxylation is 1. The van der Waals surface area contributed by atoms with Gasteiger partial charge in [-0.3, -0.25) is 0 Å². The van der Waals surface area contributed by atoms with Gasteiger partial charge >= 0.3 is 0 Å². The number of nitrogens with zero attached hydrogens (tertiary/aromatic N) is 1. The van der Waals surface area contributed by atoms with Crippen LogP contribution in [-0.4, -0.2) is 6.54 Å². The first kappa shape index (κ1) is 28.1. The van der Waals surface area contributed by atoms with Gasteiger partial charge in [-0.15, -0.1) is 0 Å². The molecule has 36 heavy (non-hydrogen) atoms. The molecule has 190 valence electrons. The maximum absolute atomic E-state index is 6.35. The molecule has 0 radical (unpaired) electrons. The van der Waals surface area contributed by atoms with Crippen LogP contribution in [0, 0.1) is 6.92 Å². The number of allylic oxidation sites excluding steroid dienone is 9. The van der Waals surface area contributed by atoms with Crippen LogP contribution in [0.25, 0.3) is 0 Å². The first-order valence-electron chi connectivity index (χ1n) is 12.8. The molecule has 0 aliphatic carbocycles. The van der Waals surface area contributed by atoms with Crippen LogP contribution in [0.2, 0.25) is 10.0 Å². The van der Waals surface area contributed by atoms with Gasteiger partial charge in [-0.1, -0.05) is 113 Å². The molecule has 1 aliphatic heterocycles. The molecule has 2 aromatic carbocycles. The van der Waals surface area contributed by atoms with Crippen molar-refractivity contribution < 1.29 is 0 Å². The zero-order valence-electron chi connectivity index (χ0n) is 22.5. The average molecular weight is 521 g/mol. The number of halogens is 2. The number of hydrogen-bond acceptors (Lipinski definition) is 1. The Kier molecular flexibility index (Phi) is 9.14. The third-order valence-electron chi connectivity index (χ3n) is 7.26. The first-order chi connectivity index (χ1) is 17.0. The molecule has 0 atom stereocenters. The average Bonchev–Trinajstić information content (AvgIpc) is 3.03. The Morgan fingerprint density at radius 2 is 1.61 bits per heavy atom. The van der Waals surface area contributed by atoms with Gasteiger partial charge < -0.3 is 4.90 Å². The van der Waals surface area contributed by atoms with Crippen molar-refractivity contribution in [2.75, 3.05) is 11.4 Å². The predicted octanol–water partition coefficient (Wildman–Crippen LogP) is 10.3. The molecule has 0 aromatic heterocycles. The molecule has 1 aliphatic rings. The lowest BCUT2D eigenvalue weighted by Crippen LogP contribution is -2.26. The van der Waals surface area contributed by atoms with Crippen LogP contribution in [0.15, 0.2) is 96.8 Å². The smallest absolute Gasteiger partial charge is 0.0451 e. The Morgan fingerprint density at radius 1 is 0.972 bits per heavy atom. The van der Waals surface area contributed by atoms with Crippen molar-refractivity contribution in [1.29, 1.82) is 0 Å². The lowest BCUT2D eigenvalue weighted by Gasteiger charge is -2.28. The van der Waals surface area contributed by atoms with Gasteiger partial charge in [0.05, 0.1) is 0 Å². The van der Waals surface area contributed by atoms with E-state index >= 15 is 0 Å². The van der Waals surface area contributed by atoms with Gasteiger partial charge in [-0.2, -0.15) is 0 Å². The largest absolute Gasteiger partial charge is 0.344 e. The molecule has 0 amide bonds. The summed E-state index contributed by atoms with van der Waals surface area (Å²) in [5, 5.41) is 1.54. The van der Waals surface area contributed by atoms with Crippen molar-refractivity contribution in [2.45, 2.75) is 65.2 Å². The van der Waals surface area contributed by atoms with Gasteiger partial charge in [0.1, 0.15) is 0 Å². The fourth-order valence-corrected chi connectivity index (χ4v) is 5.21. The lowest BCUT2D eigenvalue weighted by molar-refractivity contribution is 0.624. The van der Waals surface area contributed by atoms with Crippen molar-refractivity contribution in [2.24, 2.45) is 0 Å².